The first kappa shape index (κ1) is 9.16. The van der Waals surface area contributed by atoms with Crippen LogP contribution in [0.4, 0.5) is 0 Å². The van der Waals surface area contributed by atoms with Gasteiger partial charge in [0.05, 0.1) is 6.61 Å². The maximum absolute atomic E-state index is 11.6. The lowest BCUT2D eigenvalue weighted by molar-refractivity contribution is -0.134. The standard InChI is InChI=1S/C10H17NO2/c11-8-3-4-10(13-6-8)9(12)5-7-1-2-7/h7-8,10H,1-6,11H2/t8-,10+/m1/s1. The van der Waals surface area contributed by atoms with Crippen LogP contribution in [-0.2, 0) is 9.53 Å². The molecular weight excluding hydrogens is 166 g/mol. The van der Waals surface area contributed by atoms with Crippen molar-refractivity contribution in [1.82, 2.24) is 0 Å². The van der Waals surface area contributed by atoms with Gasteiger partial charge >= 0.3 is 0 Å². The second kappa shape index (κ2) is 3.76. The van der Waals surface area contributed by atoms with Gasteiger partial charge in [0.25, 0.3) is 0 Å². The number of ether oxygens (including phenoxy) is 1. The molecule has 0 spiro atoms. The number of hydrogen-bond donors (Lipinski definition) is 1. The molecule has 0 amide bonds. The van der Waals surface area contributed by atoms with E-state index in [1.54, 1.807) is 0 Å². The molecule has 0 aromatic heterocycles. The van der Waals surface area contributed by atoms with Crippen LogP contribution in [0.1, 0.15) is 32.1 Å². The highest BCUT2D eigenvalue weighted by Crippen LogP contribution is 2.33. The predicted octanol–water partition coefficient (Wildman–Crippen LogP) is 0.862. The van der Waals surface area contributed by atoms with Gasteiger partial charge in [0, 0.05) is 12.5 Å². The molecule has 2 atom stereocenters. The highest BCUT2D eigenvalue weighted by Gasteiger charge is 2.30. The van der Waals surface area contributed by atoms with Gasteiger partial charge in [-0.3, -0.25) is 4.79 Å². The van der Waals surface area contributed by atoms with E-state index in [0.717, 1.165) is 19.3 Å². The van der Waals surface area contributed by atoms with Crippen LogP contribution in [-0.4, -0.2) is 24.5 Å². The number of hydrogen-bond acceptors (Lipinski definition) is 3. The van der Waals surface area contributed by atoms with Crippen LogP contribution in [0.3, 0.4) is 0 Å². The molecule has 3 nitrogen and oxygen atoms in total. The molecule has 2 rings (SSSR count). The molecule has 2 fully saturated rings. The summed E-state index contributed by atoms with van der Waals surface area (Å²) in [6.45, 7) is 0.557. The number of ketones is 1. The van der Waals surface area contributed by atoms with Gasteiger partial charge < -0.3 is 10.5 Å². The molecule has 0 bridgehead atoms. The smallest absolute Gasteiger partial charge is 0.161 e. The van der Waals surface area contributed by atoms with E-state index in [0.29, 0.717) is 18.3 Å². The summed E-state index contributed by atoms with van der Waals surface area (Å²) in [7, 11) is 0. The normalized spacial score (nSPS) is 34.5. The summed E-state index contributed by atoms with van der Waals surface area (Å²) in [4.78, 5) is 11.6. The van der Waals surface area contributed by atoms with Crippen LogP contribution in [0.25, 0.3) is 0 Å². The first-order chi connectivity index (χ1) is 6.25. The minimum absolute atomic E-state index is 0.139. The number of Topliss-reactive ketones (excluding diaryl/α,β-unsaturated/α-hetero) is 1. The molecule has 0 aromatic rings. The first-order valence-corrected chi connectivity index (χ1v) is 5.15. The largest absolute Gasteiger partial charge is 0.369 e. The van der Waals surface area contributed by atoms with Crippen LogP contribution in [0.5, 0.6) is 0 Å². The van der Waals surface area contributed by atoms with Crippen molar-refractivity contribution >= 4 is 5.78 Å². The zero-order valence-electron chi connectivity index (χ0n) is 7.87. The van der Waals surface area contributed by atoms with E-state index in [-0.39, 0.29) is 12.1 Å². The molecule has 74 valence electrons. The van der Waals surface area contributed by atoms with Crippen molar-refractivity contribution in [2.24, 2.45) is 11.7 Å². The summed E-state index contributed by atoms with van der Waals surface area (Å²) in [6, 6.07) is 0.143. The van der Waals surface area contributed by atoms with E-state index < -0.39 is 0 Å². The van der Waals surface area contributed by atoms with Gasteiger partial charge in [-0.1, -0.05) is 0 Å². The second-order valence-corrected chi connectivity index (χ2v) is 4.27. The number of carbonyl (C=O) groups is 1. The average Bonchev–Trinajstić information content (AvgIpc) is 2.89. The van der Waals surface area contributed by atoms with Crippen LogP contribution in [0, 0.1) is 5.92 Å². The molecule has 1 heterocycles. The third-order valence-corrected chi connectivity index (χ3v) is 2.86. The van der Waals surface area contributed by atoms with E-state index in [4.69, 9.17) is 10.5 Å². The minimum Gasteiger partial charge on any atom is -0.369 e. The van der Waals surface area contributed by atoms with Crippen molar-refractivity contribution < 1.29 is 9.53 Å². The fraction of sp³-hybridized carbons (Fsp3) is 0.900. The molecule has 2 N–H and O–H groups in total. The fourth-order valence-corrected chi connectivity index (χ4v) is 1.76. The number of nitrogens with two attached hydrogens (primary N) is 1. The van der Waals surface area contributed by atoms with Gasteiger partial charge in [-0.15, -0.1) is 0 Å². The third-order valence-electron chi connectivity index (χ3n) is 2.86. The Bertz CT molecular complexity index is 193. The molecule has 1 saturated carbocycles. The SMILES string of the molecule is N[C@@H]1CC[C@@H](C(=O)CC2CC2)OC1. The maximum Gasteiger partial charge on any atom is 0.161 e. The van der Waals surface area contributed by atoms with E-state index >= 15 is 0 Å². The van der Waals surface area contributed by atoms with Crippen LogP contribution in [0.15, 0.2) is 0 Å². The minimum atomic E-state index is -0.139. The summed E-state index contributed by atoms with van der Waals surface area (Å²) >= 11 is 0. The zero-order chi connectivity index (χ0) is 9.26. The first-order valence-electron chi connectivity index (χ1n) is 5.15. The van der Waals surface area contributed by atoms with Crippen molar-refractivity contribution in [1.29, 1.82) is 0 Å². The van der Waals surface area contributed by atoms with Gasteiger partial charge in [0.15, 0.2) is 5.78 Å². The Balaban J connectivity index is 1.75. The van der Waals surface area contributed by atoms with E-state index in [9.17, 15) is 4.79 Å². The molecule has 1 aliphatic carbocycles. The Morgan fingerprint density at radius 1 is 1.31 bits per heavy atom. The Hall–Kier alpha value is -0.410. The lowest BCUT2D eigenvalue weighted by Crippen LogP contribution is -2.39. The quantitative estimate of drug-likeness (QED) is 0.706. The summed E-state index contributed by atoms with van der Waals surface area (Å²) < 4.78 is 5.41. The van der Waals surface area contributed by atoms with Gasteiger partial charge in [0.2, 0.25) is 0 Å². The molecule has 0 aromatic carbocycles. The third kappa shape index (κ3) is 2.51. The van der Waals surface area contributed by atoms with Gasteiger partial charge in [-0.2, -0.15) is 0 Å². The van der Waals surface area contributed by atoms with Crippen LogP contribution < -0.4 is 5.73 Å². The van der Waals surface area contributed by atoms with Gasteiger partial charge in [-0.25, -0.2) is 0 Å². The molecule has 0 unspecified atom stereocenters. The zero-order valence-corrected chi connectivity index (χ0v) is 7.87. The number of carbonyl (C=O) groups excluding carboxylic acids is 1. The van der Waals surface area contributed by atoms with Crippen molar-refractivity contribution in [3.8, 4) is 0 Å². The Morgan fingerprint density at radius 2 is 2.08 bits per heavy atom. The summed E-state index contributed by atoms with van der Waals surface area (Å²) in [5.74, 6) is 0.973. The van der Waals surface area contributed by atoms with Gasteiger partial charge in [-0.05, 0) is 31.6 Å². The lowest BCUT2D eigenvalue weighted by Gasteiger charge is -2.25. The molecule has 0 radical (unpaired) electrons. The molecule has 3 heteroatoms. The fourth-order valence-electron chi connectivity index (χ4n) is 1.76. The molecular formula is C10H17NO2. The topological polar surface area (TPSA) is 52.3 Å². The summed E-state index contributed by atoms with van der Waals surface area (Å²) in [6.07, 6.45) is 4.82. The summed E-state index contributed by atoms with van der Waals surface area (Å²) in [5, 5.41) is 0. The van der Waals surface area contributed by atoms with Crippen molar-refractivity contribution in [3.63, 3.8) is 0 Å². The highest BCUT2D eigenvalue weighted by molar-refractivity contribution is 5.83. The van der Waals surface area contributed by atoms with Crippen LogP contribution in [0.2, 0.25) is 0 Å². The molecule has 2 aliphatic rings. The Morgan fingerprint density at radius 3 is 2.62 bits per heavy atom. The second-order valence-electron chi connectivity index (χ2n) is 4.27. The monoisotopic (exact) mass is 183 g/mol. The van der Waals surface area contributed by atoms with Gasteiger partial charge in [0.1, 0.15) is 6.10 Å². The van der Waals surface area contributed by atoms with Crippen molar-refractivity contribution in [3.05, 3.63) is 0 Å². The molecule has 13 heavy (non-hydrogen) atoms. The average molecular weight is 183 g/mol. The van der Waals surface area contributed by atoms with Crippen LogP contribution >= 0.6 is 0 Å². The number of rotatable bonds is 3. The van der Waals surface area contributed by atoms with Crippen molar-refractivity contribution in [2.75, 3.05) is 6.61 Å². The maximum atomic E-state index is 11.6. The lowest BCUT2D eigenvalue weighted by atomic mass is 10.00. The summed E-state index contributed by atoms with van der Waals surface area (Å²) in [5.41, 5.74) is 5.67. The molecule has 1 saturated heterocycles. The highest BCUT2D eigenvalue weighted by atomic mass is 16.5. The molecule has 1 aliphatic heterocycles. The van der Waals surface area contributed by atoms with E-state index in [1.165, 1.54) is 12.8 Å². The predicted molar refractivity (Wildman–Crippen MR) is 49.3 cm³/mol. The Labute approximate surface area is 78.6 Å². The van der Waals surface area contributed by atoms with E-state index in [1.807, 2.05) is 0 Å². The van der Waals surface area contributed by atoms with Crippen molar-refractivity contribution in [2.45, 2.75) is 44.2 Å². The Kier molecular flexibility index (Phi) is 2.65. The van der Waals surface area contributed by atoms with E-state index in [2.05, 4.69) is 0 Å².